The Morgan fingerprint density at radius 3 is 2.30 bits per heavy atom. The molecule has 0 aromatic carbocycles. The lowest BCUT2D eigenvalue weighted by molar-refractivity contribution is -0.827. The van der Waals surface area contributed by atoms with Crippen molar-refractivity contribution in [3.63, 3.8) is 0 Å². The van der Waals surface area contributed by atoms with E-state index in [4.69, 9.17) is 12.2 Å². The van der Waals surface area contributed by atoms with Gasteiger partial charge in [0.1, 0.15) is 6.54 Å². The second-order valence-electron chi connectivity index (χ2n) is 2.73. The minimum atomic E-state index is 0.995. The van der Waals surface area contributed by atoms with Crippen LogP contribution in [-0.2, 0) is 0 Å². The smallest absolute Gasteiger partial charge is 0.270 e. The van der Waals surface area contributed by atoms with Gasteiger partial charge in [-0.3, -0.25) is 4.48 Å². The highest BCUT2D eigenvalue weighted by molar-refractivity contribution is 7.79. The number of hydrogen-bond donors (Lipinski definition) is 1. The highest BCUT2D eigenvalue weighted by atomic mass is 32.1. The number of quaternary nitrogens is 1. The zero-order valence-corrected chi connectivity index (χ0v) is 7.50. The molecule has 1 saturated heterocycles. The summed E-state index contributed by atoms with van der Waals surface area (Å²) < 4.78 is 0.995. The molecule has 0 radical (unpaired) electrons. The van der Waals surface area contributed by atoms with Crippen molar-refractivity contribution in [3.8, 4) is 0 Å². The van der Waals surface area contributed by atoms with Gasteiger partial charge in [-0.2, -0.15) is 0 Å². The van der Waals surface area contributed by atoms with Crippen LogP contribution in [0.15, 0.2) is 0 Å². The second kappa shape index (κ2) is 2.84. The average molecular weight is 159 g/mol. The topological polar surface area (TPSA) is 12.0 Å². The molecule has 0 bridgehead atoms. The van der Waals surface area contributed by atoms with Gasteiger partial charge in [0.05, 0.1) is 19.6 Å². The van der Waals surface area contributed by atoms with Gasteiger partial charge in [0.15, 0.2) is 0 Å². The van der Waals surface area contributed by atoms with Crippen molar-refractivity contribution in [2.24, 2.45) is 0 Å². The van der Waals surface area contributed by atoms with Gasteiger partial charge in [-0.05, 0) is 13.8 Å². The van der Waals surface area contributed by atoms with Crippen LogP contribution in [0.4, 0.5) is 0 Å². The first-order valence-electron chi connectivity index (χ1n) is 3.89. The molecule has 1 aliphatic rings. The standard InChI is InChI=1S/C7H14N2S/c1-3-9(4-2)6-5-8-7(9)10/h3-6H2,1-2H3/p+1. The van der Waals surface area contributed by atoms with Crippen LogP contribution in [-0.4, -0.2) is 35.8 Å². The summed E-state index contributed by atoms with van der Waals surface area (Å²) in [6, 6.07) is 0. The van der Waals surface area contributed by atoms with E-state index < -0.39 is 0 Å². The molecule has 0 saturated carbocycles. The van der Waals surface area contributed by atoms with Crippen molar-refractivity contribution in [2.75, 3.05) is 26.2 Å². The maximum Gasteiger partial charge on any atom is 0.270 e. The number of nitrogens with one attached hydrogen (secondary N) is 1. The first-order chi connectivity index (χ1) is 4.75. The van der Waals surface area contributed by atoms with Crippen LogP contribution in [0.25, 0.3) is 0 Å². The first-order valence-corrected chi connectivity index (χ1v) is 4.30. The van der Waals surface area contributed by atoms with Gasteiger partial charge in [0.25, 0.3) is 5.11 Å². The highest BCUT2D eigenvalue weighted by Crippen LogP contribution is 2.10. The van der Waals surface area contributed by atoms with Crippen LogP contribution in [0.1, 0.15) is 13.8 Å². The van der Waals surface area contributed by atoms with Crippen molar-refractivity contribution in [1.82, 2.24) is 5.32 Å². The summed E-state index contributed by atoms with van der Waals surface area (Å²) >= 11 is 5.21. The summed E-state index contributed by atoms with van der Waals surface area (Å²) in [5.41, 5.74) is 0. The van der Waals surface area contributed by atoms with Crippen molar-refractivity contribution in [1.29, 1.82) is 0 Å². The Kier molecular flexibility index (Phi) is 2.26. The van der Waals surface area contributed by atoms with E-state index in [2.05, 4.69) is 19.2 Å². The summed E-state index contributed by atoms with van der Waals surface area (Å²) in [5, 5.41) is 4.25. The molecule has 0 aromatic heterocycles. The first kappa shape index (κ1) is 7.95. The molecule has 1 aliphatic heterocycles. The third-order valence-corrected chi connectivity index (χ3v) is 2.99. The lowest BCUT2D eigenvalue weighted by Crippen LogP contribution is -2.49. The SMILES string of the molecule is CC[N+]1(CC)CCNC1=S. The van der Waals surface area contributed by atoms with Gasteiger partial charge in [-0.25, -0.2) is 0 Å². The number of thiocarbonyl (C=S) groups is 1. The van der Waals surface area contributed by atoms with E-state index in [1.54, 1.807) is 0 Å². The fourth-order valence-electron chi connectivity index (χ4n) is 1.47. The van der Waals surface area contributed by atoms with E-state index in [-0.39, 0.29) is 0 Å². The largest absolute Gasteiger partial charge is 0.326 e. The molecule has 1 rings (SSSR count). The molecule has 1 fully saturated rings. The zero-order chi connectivity index (χ0) is 7.61. The molecule has 58 valence electrons. The average Bonchev–Trinajstić information content (AvgIpc) is 2.32. The molecule has 0 spiro atoms. The Bertz CT molecular complexity index is 141. The molecule has 0 aromatic rings. The minimum Gasteiger partial charge on any atom is -0.326 e. The van der Waals surface area contributed by atoms with Gasteiger partial charge >= 0.3 is 0 Å². The van der Waals surface area contributed by atoms with Crippen LogP contribution < -0.4 is 5.32 Å². The van der Waals surface area contributed by atoms with Crippen molar-refractivity contribution >= 4 is 17.3 Å². The van der Waals surface area contributed by atoms with Crippen LogP contribution in [0, 0.1) is 0 Å². The third kappa shape index (κ3) is 1.04. The molecule has 0 atom stereocenters. The zero-order valence-electron chi connectivity index (χ0n) is 6.68. The second-order valence-corrected chi connectivity index (χ2v) is 3.12. The number of nitrogens with zero attached hydrogens (tertiary/aromatic N) is 1. The van der Waals surface area contributed by atoms with E-state index in [1.165, 1.54) is 6.54 Å². The van der Waals surface area contributed by atoms with Crippen LogP contribution in [0.5, 0.6) is 0 Å². The summed E-state index contributed by atoms with van der Waals surface area (Å²) in [4.78, 5) is 0. The van der Waals surface area contributed by atoms with Gasteiger partial charge in [-0.1, -0.05) is 0 Å². The monoisotopic (exact) mass is 159 g/mol. The van der Waals surface area contributed by atoms with Crippen LogP contribution in [0.2, 0.25) is 0 Å². The Hall–Kier alpha value is -0.150. The Labute approximate surface area is 67.8 Å². The Morgan fingerprint density at radius 2 is 2.10 bits per heavy atom. The normalized spacial score (nSPS) is 22.8. The number of hydrogen-bond acceptors (Lipinski definition) is 1. The molecule has 1 N–H and O–H groups in total. The molecular formula is C7H15N2S+. The number of rotatable bonds is 2. The van der Waals surface area contributed by atoms with Gasteiger partial charge in [-0.15, -0.1) is 0 Å². The van der Waals surface area contributed by atoms with E-state index in [9.17, 15) is 0 Å². The molecule has 0 aliphatic carbocycles. The predicted octanol–water partition coefficient (Wildman–Crippen LogP) is 0.731. The summed E-state index contributed by atoms with van der Waals surface area (Å²) in [6.07, 6.45) is 0. The quantitative estimate of drug-likeness (QED) is 0.471. The van der Waals surface area contributed by atoms with Crippen LogP contribution >= 0.6 is 12.2 Å². The Morgan fingerprint density at radius 1 is 1.50 bits per heavy atom. The van der Waals surface area contributed by atoms with Crippen molar-refractivity contribution in [2.45, 2.75) is 13.8 Å². The Balaban J connectivity index is 2.71. The molecule has 0 amide bonds. The fourth-order valence-corrected chi connectivity index (χ4v) is 1.92. The molecule has 2 nitrogen and oxygen atoms in total. The van der Waals surface area contributed by atoms with E-state index in [0.717, 1.165) is 29.2 Å². The fraction of sp³-hybridized carbons (Fsp3) is 0.857. The minimum absolute atomic E-state index is 0.995. The summed E-state index contributed by atoms with van der Waals surface area (Å²) in [7, 11) is 0. The maximum absolute atomic E-state index is 5.21. The highest BCUT2D eigenvalue weighted by Gasteiger charge is 2.34. The molecule has 3 heteroatoms. The molecule has 10 heavy (non-hydrogen) atoms. The lowest BCUT2D eigenvalue weighted by Gasteiger charge is -2.28. The van der Waals surface area contributed by atoms with Crippen molar-refractivity contribution in [3.05, 3.63) is 0 Å². The van der Waals surface area contributed by atoms with Gasteiger partial charge < -0.3 is 5.32 Å². The van der Waals surface area contributed by atoms with Gasteiger partial charge in [0, 0.05) is 12.2 Å². The summed E-state index contributed by atoms with van der Waals surface area (Å²) in [6.45, 7) is 8.88. The lowest BCUT2D eigenvalue weighted by atomic mass is 10.4. The molecular weight excluding hydrogens is 144 g/mol. The maximum atomic E-state index is 5.21. The van der Waals surface area contributed by atoms with E-state index in [0.29, 0.717) is 0 Å². The number of likely N-dealkylation sites (N-methyl/N-ethyl adjacent to an activating group) is 1. The van der Waals surface area contributed by atoms with Crippen LogP contribution in [0.3, 0.4) is 0 Å². The molecule has 1 heterocycles. The van der Waals surface area contributed by atoms with Crippen molar-refractivity contribution < 1.29 is 4.48 Å². The molecule has 0 unspecified atom stereocenters. The predicted molar refractivity (Wildman–Crippen MR) is 46.8 cm³/mol. The van der Waals surface area contributed by atoms with Gasteiger partial charge in [0.2, 0.25) is 0 Å². The third-order valence-electron chi connectivity index (χ3n) is 2.46. The van der Waals surface area contributed by atoms with E-state index in [1.807, 2.05) is 0 Å². The van der Waals surface area contributed by atoms with E-state index >= 15 is 0 Å². The summed E-state index contributed by atoms with van der Waals surface area (Å²) in [5.74, 6) is 0.